The smallest absolute Gasteiger partial charge is 0.258 e. The molecule has 7 nitrogen and oxygen atoms in total. The fraction of sp³-hybridized carbons (Fsp3) is 0.154. The first-order valence-corrected chi connectivity index (χ1v) is 10.5. The summed E-state index contributed by atoms with van der Waals surface area (Å²) >= 11 is 0. The zero-order chi connectivity index (χ0) is 23.2. The second-order valence-electron chi connectivity index (χ2n) is 7.58. The summed E-state index contributed by atoms with van der Waals surface area (Å²) in [6.45, 7) is -0.552. The average Bonchev–Trinajstić information content (AvgIpc) is 2.83. The van der Waals surface area contributed by atoms with Crippen LogP contribution in [0.1, 0.15) is 5.56 Å². The second kappa shape index (κ2) is 10.0. The summed E-state index contributed by atoms with van der Waals surface area (Å²) in [5.41, 5.74) is 1.47. The van der Waals surface area contributed by atoms with Gasteiger partial charge >= 0.3 is 0 Å². The minimum absolute atomic E-state index is 0.0367. The fourth-order valence-electron chi connectivity index (χ4n) is 3.55. The van der Waals surface area contributed by atoms with Gasteiger partial charge in [0, 0.05) is 23.8 Å². The number of fused-ring (bicyclic) bond motifs is 1. The van der Waals surface area contributed by atoms with Crippen LogP contribution in [-0.4, -0.2) is 35.4 Å². The van der Waals surface area contributed by atoms with E-state index in [-0.39, 0.29) is 41.1 Å². The van der Waals surface area contributed by atoms with Crippen LogP contribution in [-0.2, 0) is 11.2 Å². The van der Waals surface area contributed by atoms with Crippen LogP contribution in [0.4, 0.5) is 0 Å². The van der Waals surface area contributed by atoms with Crippen molar-refractivity contribution < 1.29 is 24.2 Å². The van der Waals surface area contributed by atoms with Gasteiger partial charge in [0.2, 0.25) is 0 Å². The van der Waals surface area contributed by atoms with Crippen molar-refractivity contribution in [3.05, 3.63) is 94.6 Å². The Kier molecular flexibility index (Phi) is 6.71. The number of hydrogen-bond acceptors (Lipinski definition) is 6. The number of amides is 1. The molecule has 1 heterocycles. The van der Waals surface area contributed by atoms with Crippen LogP contribution in [0.3, 0.4) is 0 Å². The normalized spacial score (nSPS) is 11.8. The number of nitrogens with one attached hydrogen (secondary N) is 1. The molecular weight excluding hydrogens is 422 g/mol. The van der Waals surface area contributed by atoms with Crippen LogP contribution >= 0.6 is 0 Å². The van der Waals surface area contributed by atoms with Crippen molar-refractivity contribution >= 4 is 16.9 Å². The van der Waals surface area contributed by atoms with Gasteiger partial charge in [-0.2, -0.15) is 0 Å². The van der Waals surface area contributed by atoms with Gasteiger partial charge in [-0.1, -0.05) is 60.7 Å². The molecule has 0 fully saturated rings. The van der Waals surface area contributed by atoms with Crippen molar-refractivity contribution in [1.29, 1.82) is 0 Å². The highest BCUT2D eigenvalue weighted by Crippen LogP contribution is 2.31. The van der Waals surface area contributed by atoms with E-state index >= 15 is 0 Å². The molecule has 1 amide bonds. The molecule has 3 aromatic carbocycles. The maximum absolute atomic E-state index is 12.5. The average molecular weight is 445 g/mol. The summed E-state index contributed by atoms with van der Waals surface area (Å²) in [7, 11) is 0. The monoisotopic (exact) mass is 445 g/mol. The molecule has 168 valence electrons. The van der Waals surface area contributed by atoms with Gasteiger partial charge in [0.25, 0.3) is 5.91 Å². The molecule has 0 saturated heterocycles. The van der Waals surface area contributed by atoms with Gasteiger partial charge in [0.1, 0.15) is 28.2 Å². The number of carbonyl (C=O) groups excluding carboxylic acids is 1. The third-order valence-corrected chi connectivity index (χ3v) is 5.12. The molecule has 4 aromatic rings. The van der Waals surface area contributed by atoms with E-state index in [0.29, 0.717) is 12.2 Å². The molecule has 33 heavy (non-hydrogen) atoms. The summed E-state index contributed by atoms with van der Waals surface area (Å²) in [5.74, 6) is -0.196. The maximum Gasteiger partial charge on any atom is 0.258 e. The first-order valence-electron chi connectivity index (χ1n) is 10.5. The van der Waals surface area contributed by atoms with Crippen LogP contribution in [0.25, 0.3) is 22.3 Å². The zero-order valence-electron chi connectivity index (χ0n) is 17.7. The van der Waals surface area contributed by atoms with Crippen LogP contribution in [0.5, 0.6) is 11.5 Å². The van der Waals surface area contributed by atoms with Crippen molar-refractivity contribution in [1.82, 2.24) is 5.32 Å². The Bertz CT molecular complexity index is 1300. The van der Waals surface area contributed by atoms with E-state index in [9.17, 15) is 19.8 Å². The Morgan fingerprint density at radius 1 is 1.00 bits per heavy atom. The lowest BCUT2D eigenvalue weighted by Gasteiger charge is -2.17. The summed E-state index contributed by atoms with van der Waals surface area (Å²) in [6.07, 6.45) is 0.479. The highest BCUT2D eigenvalue weighted by Gasteiger charge is 2.15. The minimum atomic E-state index is -0.458. The van der Waals surface area contributed by atoms with Crippen molar-refractivity contribution in [2.45, 2.75) is 12.5 Å². The van der Waals surface area contributed by atoms with Gasteiger partial charge in [0.15, 0.2) is 12.0 Å². The van der Waals surface area contributed by atoms with E-state index in [4.69, 9.17) is 9.15 Å². The second-order valence-corrected chi connectivity index (χ2v) is 7.58. The standard InChI is InChI=1S/C26H23NO6/c28-15-19(11-17-7-3-1-4-8-17)27-25(31)16-32-20-12-21(29)26-22(30)14-23(33-24(26)13-20)18-9-5-2-6-10-18/h1-10,12-14,19,28-29H,11,15-16H2,(H,27,31)/t19-/m1/s1. The van der Waals surface area contributed by atoms with Crippen molar-refractivity contribution in [2.75, 3.05) is 13.2 Å². The number of phenolic OH excluding ortho intramolecular Hbond substituents is 1. The van der Waals surface area contributed by atoms with E-state index in [0.717, 1.165) is 11.1 Å². The minimum Gasteiger partial charge on any atom is -0.507 e. The lowest BCUT2D eigenvalue weighted by molar-refractivity contribution is -0.124. The van der Waals surface area contributed by atoms with Crippen molar-refractivity contribution in [2.24, 2.45) is 0 Å². The number of aliphatic hydroxyl groups is 1. The molecule has 1 aromatic heterocycles. The molecule has 0 aliphatic heterocycles. The van der Waals surface area contributed by atoms with Crippen LogP contribution < -0.4 is 15.5 Å². The maximum atomic E-state index is 12.5. The lowest BCUT2D eigenvalue weighted by atomic mass is 10.1. The number of ether oxygens (including phenoxy) is 1. The molecule has 0 radical (unpaired) electrons. The van der Waals surface area contributed by atoms with Crippen molar-refractivity contribution in [3.8, 4) is 22.8 Å². The SMILES string of the molecule is O=C(COc1cc(O)c2c(=O)cc(-c3ccccc3)oc2c1)N[C@@H](CO)Cc1ccccc1. The largest absolute Gasteiger partial charge is 0.507 e. The van der Waals surface area contributed by atoms with Crippen LogP contribution in [0.2, 0.25) is 0 Å². The highest BCUT2D eigenvalue weighted by molar-refractivity contribution is 5.86. The number of hydrogen-bond donors (Lipinski definition) is 3. The first-order chi connectivity index (χ1) is 16.0. The number of aromatic hydroxyl groups is 1. The Morgan fingerprint density at radius 2 is 1.70 bits per heavy atom. The Morgan fingerprint density at radius 3 is 2.39 bits per heavy atom. The summed E-state index contributed by atoms with van der Waals surface area (Å²) in [5, 5.41) is 22.7. The third-order valence-electron chi connectivity index (χ3n) is 5.12. The Labute approximate surface area is 189 Å². The van der Waals surface area contributed by atoms with E-state index in [2.05, 4.69) is 5.32 Å². The predicted molar refractivity (Wildman–Crippen MR) is 124 cm³/mol. The van der Waals surface area contributed by atoms with E-state index < -0.39 is 11.9 Å². The number of benzene rings is 3. The highest BCUT2D eigenvalue weighted by atomic mass is 16.5. The molecule has 3 N–H and O–H groups in total. The van der Waals surface area contributed by atoms with E-state index in [1.807, 2.05) is 60.7 Å². The molecule has 0 aliphatic rings. The summed E-state index contributed by atoms with van der Waals surface area (Å²) in [4.78, 5) is 24.9. The van der Waals surface area contributed by atoms with Gasteiger partial charge in [0.05, 0.1) is 12.6 Å². The quantitative estimate of drug-likeness (QED) is 0.384. The van der Waals surface area contributed by atoms with Crippen LogP contribution in [0.15, 0.2) is 88.1 Å². The molecule has 1 atom stereocenters. The molecule has 0 aliphatic carbocycles. The van der Waals surface area contributed by atoms with E-state index in [1.165, 1.54) is 18.2 Å². The molecule has 7 heteroatoms. The van der Waals surface area contributed by atoms with Crippen LogP contribution in [0, 0.1) is 0 Å². The lowest BCUT2D eigenvalue weighted by Crippen LogP contribution is -2.41. The number of carbonyl (C=O) groups is 1. The molecular formula is C26H23NO6. The van der Waals surface area contributed by atoms with E-state index in [1.54, 1.807) is 0 Å². The topological polar surface area (TPSA) is 109 Å². The fourth-order valence-corrected chi connectivity index (χ4v) is 3.55. The van der Waals surface area contributed by atoms with Gasteiger partial charge in [-0.3, -0.25) is 9.59 Å². The predicted octanol–water partition coefficient (Wildman–Crippen LogP) is 3.26. The van der Waals surface area contributed by atoms with Gasteiger partial charge in [-0.05, 0) is 12.0 Å². The van der Waals surface area contributed by atoms with Crippen molar-refractivity contribution in [3.63, 3.8) is 0 Å². The molecule has 0 bridgehead atoms. The van der Waals surface area contributed by atoms with Gasteiger partial charge in [-0.25, -0.2) is 0 Å². The number of aliphatic hydroxyl groups excluding tert-OH is 1. The zero-order valence-corrected chi connectivity index (χ0v) is 17.7. The summed E-state index contributed by atoms with van der Waals surface area (Å²) in [6, 6.07) is 22.2. The third kappa shape index (κ3) is 5.39. The summed E-state index contributed by atoms with van der Waals surface area (Å²) < 4.78 is 11.4. The van der Waals surface area contributed by atoms with Gasteiger partial charge in [-0.15, -0.1) is 0 Å². The number of rotatable bonds is 8. The molecule has 0 unspecified atom stereocenters. The van der Waals surface area contributed by atoms with Gasteiger partial charge < -0.3 is 24.7 Å². The number of phenols is 1. The first kappa shape index (κ1) is 22.1. The Balaban J connectivity index is 1.48. The molecule has 4 rings (SSSR count). The molecule has 0 saturated carbocycles. The Hall–Kier alpha value is -4.10. The molecule has 0 spiro atoms.